The maximum atomic E-state index is 13.8. The van der Waals surface area contributed by atoms with Crippen LogP contribution in [0.1, 0.15) is 50.5 Å². The van der Waals surface area contributed by atoms with E-state index in [0.29, 0.717) is 24.0 Å². The molecule has 0 aliphatic carbocycles. The maximum absolute atomic E-state index is 13.8. The highest BCUT2D eigenvalue weighted by Crippen LogP contribution is 2.21. The molecule has 0 spiro atoms. The van der Waals surface area contributed by atoms with E-state index in [1.54, 1.807) is 19.1 Å². The Morgan fingerprint density at radius 3 is 2.71 bits per heavy atom. The third kappa shape index (κ3) is 3.82. The standard InChI is InChI=1S/C16H22FN3O/c1-4-11(2)20-8-7-13(19-20)10-21-14-5-6-15(12(3)18)16(17)9-14/h5-9,11-12H,4,10,18H2,1-3H3/t11?,12-/m0/s1. The van der Waals surface area contributed by atoms with Gasteiger partial charge in [-0.15, -0.1) is 0 Å². The van der Waals surface area contributed by atoms with Crippen LogP contribution in [0.25, 0.3) is 0 Å². The van der Waals surface area contributed by atoms with Gasteiger partial charge in [0.2, 0.25) is 0 Å². The summed E-state index contributed by atoms with van der Waals surface area (Å²) in [6.45, 7) is 6.30. The van der Waals surface area contributed by atoms with Crippen LogP contribution in [-0.2, 0) is 6.61 Å². The molecule has 0 fully saturated rings. The molecule has 0 radical (unpaired) electrons. The summed E-state index contributed by atoms with van der Waals surface area (Å²) in [5, 5.41) is 4.44. The van der Waals surface area contributed by atoms with Crippen molar-refractivity contribution < 1.29 is 9.13 Å². The molecule has 0 aliphatic rings. The molecule has 0 aliphatic heterocycles. The Morgan fingerprint density at radius 2 is 2.10 bits per heavy atom. The first kappa shape index (κ1) is 15.5. The number of benzene rings is 1. The molecule has 21 heavy (non-hydrogen) atoms. The Morgan fingerprint density at radius 1 is 1.33 bits per heavy atom. The molecule has 2 rings (SSSR count). The lowest BCUT2D eigenvalue weighted by Crippen LogP contribution is -2.08. The van der Waals surface area contributed by atoms with Crippen LogP contribution in [0.2, 0.25) is 0 Å². The van der Waals surface area contributed by atoms with Gasteiger partial charge in [0, 0.05) is 29.9 Å². The third-order valence-electron chi connectivity index (χ3n) is 3.56. The molecule has 1 aromatic carbocycles. The van der Waals surface area contributed by atoms with Crippen molar-refractivity contribution in [1.82, 2.24) is 9.78 Å². The number of hydrogen-bond acceptors (Lipinski definition) is 3. The first-order chi connectivity index (χ1) is 10.0. The molecule has 2 aromatic rings. The topological polar surface area (TPSA) is 53.1 Å². The molecule has 0 saturated heterocycles. The van der Waals surface area contributed by atoms with E-state index in [1.807, 2.05) is 16.9 Å². The number of aromatic nitrogens is 2. The van der Waals surface area contributed by atoms with Crippen LogP contribution in [0.3, 0.4) is 0 Å². The van der Waals surface area contributed by atoms with Crippen molar-refractivity contribution >= 4 is 0 Å². The molecule has 1 aromatic heterocycles. The van der Waals surface area contributed by atoms with Crippen LogP contribution in [0, 0.1) is 5.82 Å². The number of hydrogen-bond donors (Lipinski definition) is 1. The Hall–Kier alpha value is -1.88. The van der Waals surface area contributed by atoms with Crippen LogP contribution in [0.4, 0.5) is 4.39 Å². The van der Waals surface area contributed by atoms with E-state index in [4.69, 9.17) is 10.5 Å². The van der Waals surface area contributed by atoms with E-state index >= 15 is 0 Å². The number of nitrogens with zero attached hydrogens (tertiary/aromatic N) is 2. The van der Waals surface area contributed by atoms with E-state index in [1.165, 1.54) is 6.07 Å². The minimum Gasteiger partial charge on any atom is -0.487 e. The monoisotopic (exact) mass is 291 g/mol. The van der Waals surface area contributed by atoms with Crippen LogP contribution >= 0.6 is 0 Å². The van der Waals surface area contributed by atoms with Crippen molar-refractivity contribution in [2.75, 3.05) is 0 Å². The van der Waals surface area contributed by atoms with Crippen LogP contribution in [0.15, 0.2) is 30.5 Å². The molecule has 0 amide bonds. The minimum absolute atomic E-state index is 0.320. The number of ether oxygens (including phenoxy) is 1. The van der Waals surface area contributed by atoms with Crippen molar-refractivity contribution in [1.29, 1.82) is 0 Å². The van der Waals surface area contributed by atoms with E-state index < -0.39 is 0 Å². The van der Waals surface area contributed by atoms with Crippen LogP contribution in [-0.4, -0.2) is 9.78 Å². The smallest absolute Gasteiger partial charge is 0.132 e. The predicted octanol–water partition coefficient (Wildman–Crippen LogP) is 3.59. The van der Waals surface area contributed by atoms with Crippen molar-refractivity contribution in [2.24, 2.45) is 5.73 Å². The SMILES string of the molecule is CCC(C)n1ccc(COc2ccc([C@H](C)N)c(F)c2)n1. The zero-order chi connectivity index (χ0) is 15.4. The average Bonchev–Trinajstić information content (AvgIpc) is 2.92. The van der Waals surface area contributed by atoms with Crippen molar-refractivity contribution in [2.45, 2.75) is 45.9 Å². The summed E-state index contributed by atoms with van der Waals surface area (Å²) in [6.07, 6.45) is 2.96. The van der Waals surface area contributed by atoms with Crippen LogP contribution < -0.4 is 10.5 Å². The summed E-state index contributed by atoms with van der Waals surface area (Å²) < 4.78 is 21.3. The molecular weight excluding hydrogens is 269 g/mol. The second-order valence-corrected chi connectivity index (χ2v) is 5.31. The lowest BCUT2D eigenvalue weighted by atomic mass is 10.1. The second kappa shape index (κ2) is 6.72. The second-order valence-electron chi connectivity index (χ2n) is 5.31. The van der Waals surface area contributed by atoms with Gasteiger partial charge in [-0.2, -0.15) is 5.10 Å². The Bertz CT molecular complexity index is 595. The molecule has 1 unspecified atom stereocenters. The zero-order valence-corrected chi connectivity index (χ0v) is 12.7. The van der Waals surface area contributed by atoms with E-state index in [-0.39, 0.29) is 11.9 Å². The van der Waals surface area contributed by atoms with Gasteiger partial charge in [0.1, 0.15) is 18.2 Å². The van der Waals surface area contributed by atoms with E-state index in [9.17, 15) is 4.39 Å². The third-order valence-corrected chi connectivity index (χ3v) is 3.56. The van der Waals surface area contributed by atoms with Gasteiger partial charge in [-0.05, 0) is 32.4 Å². The summed E-state index contributed by atoms with van der Waals surface area (Å²) in [6, 6.07) is 6.70. The number of halogens is 1. The van der Waals surface area contributed by atoms with Gasteiger partial charge < -0.3 is 10.5 Å². The maximum Gasteiger partial charge on any atom is 0.132 e. The van der Waals surface area contributed by atoms with Gasteiger partial charge >= 0.3 is 0 Å². The highest BCUT2D eigenvalue weighted by Gasteiger charge is 2.09. The molecule has 2 N–H and O–H groups in total. The Labute approximate surface area is 124 Å². The van der Waals surface area contributed by atoms with E-state index in [2.05, 4.69) is 18.9 Å². The molecule has 0 bridgehead atoms. The molecule has 5 heteroatoms. The van der Waals surface area contributed by atoms with Crippen molar-refractivity contribution in [3.63, 3.8) is 0 Å². The molecule has 4 nitrogen and oxygen atoms in total. The van der Waals surface area contributed by atoms with Crippen LogP contribution in [0.5, 0.6) is 5.75 Å². The fourth-order valence-corrected chi connectivity index (χ4v) is 2.01. The average molecular weight is 291 g/mol. The van der Waals surface area contributed by atoms with Gasteiger partial charge in [0.05, 0.1) is 5.69 Å². The predicted molar refractivity (Wildman–Crippen MR) is 80.6 cm³/mol. The summed E-state index contributed by atoms with van der Waals surface area (Å²) in [5.74, 6) is 0.141. The molecule has 114 valence electrons. The minimum atomic E-state index is -0.340. The summed E-state index contributed by atoms with van der Waals surface area (Å²) in [4.78, 5) is 0. The van der Waals surface area contributed by atoms with Gasteiger partial charge in [0.15, 0.2) is 0 Å². The van der Waals surface area contributed by atoms with Gasteiger partial charge in [0.25, 0.3) is 0 Å². The highest BCUT2D eigenvalue weighted by molar-refractivity contribution is 5.30. The highest BCUT2D eigenvalue weighted by atomic mass is 19.1. The Balaban J connectivity index is 2.00. The number of rotatable bonds is 6. The first-order valence-corrected chi connectivity index (χ1v) is 7.23. The number of nitrogens with two attached hydrogens (primary N) is 1. The van der Waals surface area contributed by atoms with E-state index in [0.717, 1.165) is 12.1 Å². The summed E-state index contributed by atoms with van der Waals surface area (Å²) in [5.41, 5.74) is 7.00. The zero-order valence-electron chi connectivity index (χ0n) is 12.7. The largest absolute Gasteiger partial charge is 0.487 e. The quantitative estimate of drug-likeness (QED) is 0.885. The normalized spacial score (nSPS) is 14.0. The lowest BCUT2D eigenvalue weighted by Gasteiger charge is -2.10. The van der Waals surface area contributed by atoms with Gasteiger partial charge in [-0.1, -0.05) is 13.0 Å². The summed E-state index contributed by atoms with van der Waals surface area (Å²) >= 11 is 0. The fourth-order valence-electron chi connectivity index (χ4n) is 2.01. The van der Waals surface area contributed by atoms with Crippen molar-refractivity contribution in [3.8, 4) is 5.75 Å². The first-order valence-electron chi connectivity index (χ1n) is 7.23. The van der Waals surface area contributed by atoms with Gasteiger partial charge in [-0.25, -0.2) is 4.39 Å². The molecule has 1 heterocycles. The lowest BCUT2D eigenvalue weighted by molar-refractivity contribution is 0.296. The molecular formula is C16H22FN3O. The fraction of sp³-hybridized carbons (Fsp3) is 0.438. The van der Waals surface area contributed by atoms with Crippen molar-refractivity contribution in [3.05, 3.63) is 47.5 Å². The Kier molecular flexibility index (Phi) is 4.96. The summed E-state index contributed by atoms with van der Waals surface area (Å²) in [7, 11) is 0. The van der Waals surface area contributed by atoms with Gasteiger partial charge in [-0.3, -0.25) is 4.68 Å². The molecule has 2 atom stereocenters. The molecule has 0 saturated carbocycles.